The molecular weight excluding hydrogens is 985 g/mol. The monoisotopic (exact) mass is 1130 g/mol. The van der Waals surface area contributed by atoms with Gasteiger partial charge in [0.25, 0.3) is 0 Å². The first-order valence-corrected chi connectivity index (χ1v) is 36.3. The molecule has 0 aliphatic carbocycles. The Hall–Kier alpha value is -2.11. The van der Waals surface area contributed by atoms with Crippen molar-refractivity contribution >= 4 is 17.9 Å². The third-order valence-corrected chi connectivity index (χ3v) is 16.7. The molecule has 0 aliphatic rings. The van der Waals surface area contributed by atoms with Gasteiger partial charge in [-0.05, 0) is 64.2 Å². The van der Waals surface area contributed by atoms with Crippen molar-refractivity contribution in [1.29, 1.82) is 0 Å². The van der Waals surface area contributed by atoms with Gasteiger partial charge >= 0.3 is 17.9 Å². The fourth-order valence-corrected chi connectivity index (χ4v) is 11.2. The number of carbonyl (C=O) groups excluding carboxylic acids is 3. The van der Waals surface area contributed by atoms with Crippen LogP contribution in [0.1, 0.15) is 412 Å². The number of unbranched alkanes of at least 4 members (excludes halogenated alkanes) is 53. The summed E-state index contributed by atoms with van der Waals surface area (Å²) in [6, 6.07) is 0. The van der Waals surface area contributed by atoms with Crippen LogP contribution in [-0.4, -0.2) is 37.2 Å². The summed E-state index contributed by atoms with van der Waals surface area (Å²) in [7, 11) is 0. The zero-order chi connectivity index (χ0) is 57.8. The van der Waals surface area contributed by atoms with Gasteiger partial charge in [-0.25, -0.2) is 0 Å². The highest BCUT2D eigenvalue weighted by molar-refractivity contribution is 5.71. The Bertz CT molecular complexity index is 1290. The van der Waals surface area contributed by atoms with E-state index in [9.17, 15) is 14.4 Å². The molecule has 1 unspecified atom stereocenters. The van der Waals surface area contributed by atoms with Crippen molar-refractivity contribution in [3.63, 3.8) is 0 Å². The van der Waals surface area contributed by atoms with Crippen molar-refractivity contribution in [3.8, 4) is 0 Å². The molecule has 0 amide bonds. The molecule has 1 atom stereocenters. The van der Waals surface area contributed by atoms with Gasteiger partial charge in [-0.15, -0.1) is 0 Å². The van der Waals surface area contributed by atoms with Gasteiger partial charge in [0.1, 0.15) is 13.2 Å². The highest BCUT2D eigenvalue weighted by Gasteiger charge is 2.19. The summed E-state index contributed by atoms with van der Waals surface area (Å²) in [6.07, 6.45) is 85.4. The van der Waals surface area contributed by atoms with Crippen molar-refractivity contribution in [2.24, 2.45) is 0 Å². The second-order valence-electron chi connectivity index (χ2n) is 24.9. The molecule has 0 saturated carbocycles. The minimum Gasteiger partial charge on any atom is -0.462 e. The first kappa shape index (κ1) is 77.9. The summed E-state index contributed by atoms with van der Waals surface area (Å²) in [4.78, 5) is 38.3. The van der Waals surface area contributed by atoms with E-state index < -0.39 is 6.10 Å². The third kappa shape index (κ3) is 66.7. The molecule has 6 heteroatoms. The number of carbonyl (C=O) groups is 3. The molecular formula is C74H140O6. The highest BCUT2D eigenvalue weighted by Crippen LogP contribution is 2.19. The van der Waals surface area contributed by atoms with Crippen LogP contribution >= 0.6 is 0 Å². The topological polar surface area (TPSA) is 78.9 Å². The van der Waals surface area contributed by atoms with Crippen molar-refractivity contribution in [2.75, 3.05) is 13.2 Å². The highest BCUT2D eigenvalue weighted by atomic mass is 16.6. The number of esters is 3. The molecule has 6 nitrogen and oxygen atoms in total. The Morgan fingerprint density at radius 3 is 0.675 bits per heavy atom. The zero-order valence-electron chi connectivity index (χ0n) is 54.4. The lowest BCUT2D eigenvalue weighted by Gasteiger charge is -2.18. The van der Waals surface area contributed by atoms with E-state index in [1.54, 1.807) is 0 Å². The van der Waals surface area contributed by atoms with Gasteiger partial charge in [0.2, 0.25) is 0 Å². The van der Waals surface area contributed by atoms with Gasteiger partial charge in [-0.3, -0.25) is 14.4 Å². The Morgan fingerprint density at radius 1 is 0.237 bits per heavy atom. The molecule has 0 aromatic heterocycles. The Labute approximate surface area is 500 Å². The van der Waals surface area contributed by atoms with E-state index in [-0.39, 0.29) is 31.1 Å². The molecule has 0 aromatic carbocycles. The summed E-state index contributed by atoms with van der Waals surface area (Å²) >= 11 is 0. The molecule has 0 bridgehead atoms. The lowest BCUT2D eigenvalue weighted by atomic mass is 10.0. The van der Waals surface area contributed by atoms with Crippen LogP contribution in [-0.2, 0) is 28.6 Å². The van der Waals surface area contributed by atoms with Gasteiger partial charge in [0.15, 0.2) is 6.10 Å². The lowest BCUT2D eigenvalue weighted by Crippen LogP contribution is -2.30. The van der Waals surface area contributed by atoms with E-state index in [0.717, 1.165) is 70.6 Å². The van der Waals surface area contributed by atoms with Gasteiger partial charge in [-0.2, -0.15) is 0 Å². The Morgan fingerprint density at radius 2 is 0.438 bits per heavy atom. The normalized spacial score (nSPS) is 12.1. The summed E-state index contributed by atoms with van der Waals surface area (Å²) in [5.41, 5.74) is 0. The van der Waals surface area contributed by atoms with E-state index in [0.29, 0.717) is 19.3 Å². The van der Waals surface area contributed by atoms with E-state index in [1.807, 2.05) is 0 Å². The van der Waals surface area contributed by atoms with E-state index >= 15 is 0 Å². The van der Waals surface area contributed by atoms with E-state index in [4.69, 9.17) is 14.2 Å². The minimum atomic E-state index is -0.774. The number of allylic oxidation sites excluding steroid dienone is 4. The molecule has 80 heavy (non-hydrogen) atoms. The van der Waals surface area contributed by atoms with Crippen molar-refractivity contribution in [2.45, 2.75) is 419 Å². The molecule has 0 rings (SSSR count). The van der Waals surface area contributed by atoms with Crippen molar-refractivity contribution < 1.29 is 28.6 Å². The SMILES string of the molecule is CCC/C=C\CCCCCCCC(=O)OCC(COC(=O)CCCCCCCCCCCCCCCCCCCCCCCCCCCCCCCCCCCCC)OC(=O)CCCCCCCCC/C=C\CCCCCCCC. The maximum absolute atomic E-state index is 12.9. The van der Waals surface area contributed by atoms with Gasteiger partial charge in [-0.1, -0.05) is 353 Å². The summed E-state index contributed by atoms with van der Waals surface area (Å²) in [6.45, 7) is 6.63. The Kier molecular flexibility index (Phi) is 67.6. The predicted octanol–water partition coefficient (Wildman–Crippen LogP) is 25.0. The number of rotatable bonds is 68. The first-order chi connectivity index (χ1) is 39.5. The van der Waals surface area contributed by atoms with Crippen LogP contribution < -0.4 is 0 Å². The van der Waals surface area contributed by atoms with E-state index in [1.165, 1.54) is 302 Å². The maximum Gasteiger partial charge on any atom is 0.306 e. The molecule has 0 fully saturated rings. The lowest BCUT2D eigenvalue weighted by molar-refractivity contribution is -0.167. The van der Waals surface area contributed by atoms with Crippen molar-refractivity contribution in [1.82, 2.24) is 0 Å². The fourth-order valence-electron chi connectivity index (χ4n) is 11.2. The molecule has 0 saturated heterocycles. The second kappa shape index (κ2) is 69.4. The minimum absolute atomic E-state index is 0.0710. The number of hydrogen-bond acceptors (Lipinski definition) is 6. The summed E-state index contributed by atoms with van der Waals surface area (Å²) < 4.78 is 16.9. The van der Waals surface area contributed by atoms with Crippen LogP contribution in [0.15, 0.2) is 24.3 Å². The number of hydrogen-bond donors (Lipinski definition) is 0. The summed E-state index contributed by atoms with van der Waals surface area (Å²) in [5, 5.41) is 0. The quantitative estimate of drug-likeness (QED) is 0.0261. The second-order valence-corrected chi connectivity index (χ2v) is 24.9. The Balaban J connectivity index is 3.98. The van der Waals surface area contributed by atoms with Crippen LogP contribution in [0.5, 0.6) is 0 Å². The van der Waals surface area contributed by atoms with E-state index in [2.05, 4.69) is 45.1 Å². The van der Waals surface area contributed by atoms with Crippen LogP contribution in [0.3, 0.4) is 0 Å². The molecule has 0 heterocycles. The molecule has 472 valence electrons. The van der Waals surface area contributed by atoms with Crippen LogP contribution in [0.2, 0.25) is 0 Å². The van der Waals surface area contributed by atoms with Gasteiger partial charge < -0.3 is 14.2 Å². The molecule has 0 aliphatic heterocycles. The smallest absolute Gasteiger partial charge is 0.306 e. The average Bonchev–Trinajstić information content (AvgIpc) is 3.46. The first-order valence-electron chi connectivity index (χ1n) is 36.3. The largest absolute Gasteiger partial charge is 0.462 e. The van der Waals surface area contributed by atoms with Gasteiger partial charge in [0.05, 0.1) is 0 Å². The molecule has 0 N–H and O–H groups in total. The van der Waals surface area contributed by atoms with Crippen LogP contribution in [0, 0.1) is 0 Å². The standard InChI is InChI=1S/C74H140O6/c1-4-7-10-13-16-19-22-24-26-28-29-30-31-32-33-34-35-36-37-38-39-40-41-42-43-44-45-47-48-50-52-55-58-61-64-67-73(76)79-70-71(69-78-72(75)66-63-60-57-54-21-18-15-12-9-6-3)80-74(77)68-65-62-59-56-53-51-49-46-27-25-23-20-17-14-11-8-5-2/h12,15,25,27,71H,4-11,13-14,16-24,26,28-70H2,1-3H3/b15-12-,27-25-. The fraction of sp³-hybridized carbons (Fsp3) is 0.905. The molecule has 0 aromatic rings. The molecule has 0 spiro atoms. The van der Waals surface area contributed by atoms with Crippen molar-refractivity contribution in [3.05, 3.63) is 24.3 Å². The maximum atomic E-state index is 12.9. The average molecular weight is 1130 g/mol. The summed E-state index contributed by atoms with van der Waals surface area (Å²) in [5.74, 6) is -0.861. The predicted molar refractivity (Wildman–Crippen MR) is 349 cm³/mol. The molecule has 0 radical (unpaired) electrons. The third-order valence-electron chi connectivity index (χ3n) is 16.7. The number of ether oxygens (including phenoxy) is 3. The zero-order valence-corrected chi connectivity index (χ0v) is 54.4. The van der Waals surface area contributed by atoms with Gasteiger partial charge in [0, 0.05) is 19.3 Å². The van der Waals surface area contributed by atoms with Crippen LogP contribution in [0.25, 0.3) is 0 Å². The van der Waals surface area contributed by atoms with Crippen LogP contribution in [0.4, 0.5) is 0 Å².